The van der Waals surface area contributed by atoms with E-state index in [0.29, 0.717) is 5.88 Å². The molecule has 0 spiro atoms. The van der Waals surface area contributed by atoms with Crippen LogP contribution in [-0.2, 0) is 0 Å². The molecule has 2 heteroatoms. The second kappa shape index (κ2) is 7.93. The number of nitrogens with one attached hydrogen (secondary N) is 1. The molecule has 0 radical (unpaired) electrons. The van der Waals surface area contributed by atoms with Crippen molar-refractivity contribution >= 4 is 11.6 Å². The van der Waals surface area contributed by atoms with Crippen molar-refractivity contribution in [1.82, 2.24) is 5.32 Å². The summed E-state index contributed by atoms with van der Waals surface area (Å²) < 4.78 is 0. The van der Waals surface area contributed by atoms with Crippen LogP contribution in [0.3, 0.4) is 0 Å². The summed E-state index contributed by atoms with van der Waals surface area (Å²) in [4.78, 5) is 0. The quantitative estimate of drug-likeness (QED) is 0.530. The summed E-state index contributed by atoms with van der Waals surface area (Å²) in [6.07, 6.45) is 9.15. The third kappa shape index (κ3) is 5.53. The Morgan fingerprint density at radius 3 is 2.62 bits per heavy atom. The molecule has 0 aliphatic rings. The van der Waals surface area contributed by atoms with Gasteiger partial charge >= 0.3 is 0 Å². The van der Waals surface area contributed by atoms with Crippen molar-refractivity contribution in [3.8, 4) is 0 Å². The monoisotopic (exact) mass is 199 g/mol. The Morgan fingerprint density at radius 1 is 1.46 bits per heavy atom. The van der Waals surface area contributed by atoms with Gasteiger partial charge < -0.3 is 5.32 Å². The molecule has 1 N–H and O–H groups in total. The van der Waals surface area contributed by atoms with E-state index in [4.69, 9.17) is 11.6 Å². The molecule has 0 fully saturated rings. The molecule has 0 aliphatic carbocycles. The summed E-state index contributed by atoms with van der Waals surface area (Å²) in [5.74, 6) is 0.685. The van der Waals surface area contributed by atoms with Gasteiger partial charge in [0.15, 0.2) is 0 Å². The third-order valence-electron chi connectivity index (χ3n) is 1.76. The molecule has 0 aromatic carbocycles. The van der Waals surface area contributed by atoms with Crippen molar-refractivity contribution < 1.29 is 0 Å². The van der Waals surface area contributed by atoms with Crippen LogP contribution in [0.1, 0.15) is 20.3 Å². The second-order valence-corrected chi connectivity index (χ2v) is 3.11. The SMILES string of the molecule is C/C=C(\C=C/NC)C(/C)=C/CCCl. The van der Waals surface area contributed by atoms with E-state index in [2.05, 4.69) is 30.5 Å². The summed E-state index contributed by atoms with van der Waals surface area (Å²) in [6, 6.07) is 0. The molecule has 0 unspecified atom stereocenters. The van der Waals surface area contributed by atoms with Crippen LogP contribution >= 0.6 is 11.6 Å². The van der Waals surface area contributed by atoms with Crippen LogP contribution in [0.2, 0.25) is 0 Å². The standard InChI is InChI=1S/C11H18ClN/c1-4-11(7-9-13-3)10(2)6-5-8-12/h4,6-7,9,13H,5,8H2,1-3H3/b9-7-,10-6+,11-4+. The molecule has 0 amide bonds. The minimum Gasteiger partial charge on any atom is -0.394 e. The smallest absolute Gasteiger partial charge is 0.0258 e. The molecule has 1 nitrogen and oxygen atoms in total. The normalized spacial score (nSPS) is 13.8. The first-order chi connectivity index (χ1) is 6.26. The molecular formula is C11H18ClN. The van der Waals surface area contributed by atoms with Crippen LogP contribution in [0.5, 0.6) is 0 Å². The van der Waals surface area contributed by atoms with E-state index in [9.17, 15) is 0 Å². The fraction of sp³-hybridized carbons (Fsp3) is 0.455. The van der Waals surface area contributed by atoms with Crippen molar-refractivity contribution in [3.05, 3.63) is 35.6 Å². The average molecular weight is 200 g/mol. The number of hydrogen-bond acceptors (Lipinski definition) is 1. The van der Waals surface area contributed by atoms with E-state index in [1.807, 2.05) is 20.2 Å². The number of allylic oxidation sites excluding steroid dienone is 5. The van der Waals surface area contributed by atoms with Gasteiger partial charge in [0.05, 0.1) is 0 Å². The van der Waals surface area contributed by atoms with E-state index in [1.54, 1.807) is 0 Å². The Balaban J connectivity index is 4.33. The van der Waals surface area contributed by atoms with Crippen molar-refractivity contribution in [1.29, 1.82) is 0 Å². The van der Waals surface area contributed by atoms with Gasteiger partial charge in [0.2, 0.25) is 0 Å². The fourth-order valence-corrected chi connectivity index (χ4v) is 1.13. The zero-order valence-corrected chi connectivity index (χ0v) is 9.36. The molecular weight excluding hydrogens is 182 g/mol. The molecule has 74 valence electrons. The maximum absolute atomic E-state index is 5.60. The highest BCUT2D eigenvalue weighted by molar-refractivity contribution is 6.17. The van der Waals surface area contributed by atoms with Crippen LogP contribution < -0.4 is 5.32 Å². The van der Waals surface area contributed by atoms with Gasteiger partial charge in [0.1, 0.15) is 0 Å². The Labute approximate surface area is 86.2 Å². The van der Waals surface area contributed by atoms with E-state index < -0.39 is 0 Å². The zero-order valence-electron chi connectivity index (χ0n) is 8.60. The molecule has 0 aromatic heterocycles. The largest absolute Gasteiger partial charge is 0.394 e. The maximum atomic E-state index is 5.60. The number of alkyl halides is 1. The molecule has 0 aliphatic heterocycles. The van der Waals surface area contributed by atoms with Gasteiger partial charge in [-0.05, 0) is 43.7 Å². The number of hydrogen-bond donors (Lipinski definition) is 1. The first-order valence-electron chi connectivity index (χ1n) is 4.49. The van der Waals surface area contributed by atoms with E-state index in [-0.39, 0.29) is 0 Å². The lowest BCUT2D eigenvalue weighted by Gasteiger charge is -2.01. The van der Waals surface area contributed by atoms with Gasteiger partial charge in [-0.1, -0.05) is 12.2 Å². The van der Waals surface area contributed by atoms with Crippen molar-refractivity contribution in [2.45, 2.75) is 20.3 Å². The van der Waals surface area contributed by atoms with Crippen LogP contribution in [0, 0.1) is 0 Å². The van der Waals surface area contributed by atoms with Gasteiger partial charge in [-0.15, -0.1) is 11.6 Å². The summed E-state index contributed by atoms with van der Waals surface area (Å²) in [5.41, 5.74) is 2.51. The summed E-state index contributed by atoms with van der Waals surface area (Å²) in [7, 11) is 1.89. The van der Waals surface area contributed by atoms with Gasteiger partial charge in [-0.25, -0.2) is 0 Å². The minimum absolute atomic E-state index is 0.685. The highest BCUT2D eigenvalue weighted by Gasteiger charge is 1.92. The highest BCUT2D eigenvalue weighted by atomic mass is 35.5. The van der Waals surface area contributed by atoms with Crippen LogP contribution in [-0.4, -0.2) is 12.9 Å². The van der Waals surface area contributed by atoms with Crippen molar-refractivity contribution in [3.63, 3.8) is 0 Å². The molecule has 0 saturated heterocycles. The van der Waals surface area contributed by atoms with Gasteiger partial charge in [-0.3, -0.25) is 0 Å². The molecule has 0 bridgehead atoms. The topological polar surface area (TPSA) is 12.0 Å². The molecule has 0 heterocycles. The first-order valence-corrected chi connectivity index (χ1v) is 5.03. The van der Waals surface area contributed by atoms with Crippen molar-refractivity contribution in [2.24, 2.45) is 0 Å². The Hall–Kier alpha value is -0.690. The van der Waals surface area contributed by atoms with Crippen LogP contribution in [0.15, 0.2) is 35.6 Å². The molecule has 13 heavy (non-hydrogen) atoms. The first kappa shape index (κ1) is 12.3. The predicted octanol–water partition coefficient (Wildman–Crippen LogP) is 3.24. The van der Waals surface area contributed by atoms with E-state index >= 15 is 0 Å². The summed E-state index contributed by atoms with van der Waals surface area (Å²) in [5, 5.41) is 2.97. The second-order valence-electron chi connectivity index (χ2n) is 2.73. The molecule has 0 atom stereocenters. The third-order valence-corrected chi connectivity index (χ3v) is 1.97. The van der Waals surface area contributed by atoms with Crippen LogP contribution in [0.4, 0.5) is 0 Å². The fourth-order valence-electron chi connectivity index (χ4n) is 1.02. The molecule has 0 saturated carbocycles. The lowest BCUT2D eigenvalue weighted by Crippen LogP contribution is -1.92. The van der Waals surface area contributed by atoms with Gasteiger partial charge in [0, 0.05) is 12.9 Å². The van der Waals surface area contributed by atoms with Crippen LogP contribution in [0.25, 0.3) is 0 Å². The highest BCUT2D eigenvalue weighted by Crippen LogP contribution is 2.11. The zero-order chi connectivity index (χ0) is 10.1. The Bertz CT molecular complexity index is 214. The average Bonchev–Trinajstić information content (AvgIpc) is 2.16. The molecule has 0 rings (SSSR count). The number of halogens is 1. The maximum Gasteiger partial charge on any atom is 0.0258 e. The van der Waals surface area contributed by atoms with Gasteiger partial charge in [-0.2, -0.15) is 0 Å². The van der Waals surface area contributed by atoms with E-state index in [1.165, 1.54) is 11.1 Å². The predicted molar refractivity (Wildman–Crippen MR) is 61.1 cm³/mol. The van der Waals surface area contributed by atoms with Crippen molar-refractivity contribution in [2.75, 3.05) is 12.9 Å². The Kier molecular flexibility index (Phi) is 7.51. The summed E-state index contributed by atoms with van der Waals surface area (Å²) >= 11 is 5.60. The lowest BCUT2D eigenvalue weighted by atomic mass is 10.1. The minimum atomic E-state index is 0.685. The summed E-state index contributed by atoms with van der Waals surface area (Å²) in [6.45, 7) is 4.13. The lowest BCUT2D eigenvalue weighted by molar-refractivity contribution is 1.10. The molecule has 0 aromatic rings. The number of rotatable bonds is 5. The Morgan fingerprint density at radius 2 is 2.15 bits per heavy atom. The van der Waals surface area contributed by atoms with Gasteiger partial charge in [0.25, 0.3) is 0 Å². The van der Waals surface area contributed by atoms with E-state index in [0.717, 1.165) is 6.42 Å².